The third-order valence-electron chi connectivity index (χ3n) is 8.17. The largest absolute Gasteiger partial charge is 0.460 e. The third kappa shape index (κ3) is 16.6. The molecule has 2 aliphatic rings. The Labute approximate surface area is 294 Å². The highest BCUT2D eigenvalue weighted by atomic mass is 16.6. The number of carbonyl (C=O) groups is 4. The zero-order chi connectivity index (χ0) is 37.0. The summed E-state index contributed by atoms with van der Waals surface area (Å²) in [6.07, 6.45) is 5.05. The van der Waals surface area contributed by atoms with Crippen LogP contribution in [0.15, 0.2) is 4.99 Å². The van der Waals surface area contributed by atoms with Crippen LogP contribution in [0.3, 0.4) is 0 Å². The molecule has 2 saturated heterocycles. The van der Waals surface area contributed by atoms with E-state index in [2.05, 4.69) is 29.5 Å². The number of hydrogen-bond donors (Lipinski definition) is 2. The van der Waals surface area contributed by atoms with Gasteiger partial charge in [-0.1, -0.05) is 13.8 Å². The molecule has 2 heterocycles. The van der Waals surface area contributed by atoms with Crippen molar-refractivity contribution in [3.05, 3.63) is 0 Å². The van der Waals surface area contributed by atoms with Gasteiger partial charge in [-0.2, -0.15) is 0 Å². The lowest BCUT2D eigenvalue weighted by molar-refractivity contribution is -0.158. The number of rotatable bonds is 11. The summed E-state index contributed by atoms with van der Waals surface area (Å²) in [7, 11) is 0. The zero-order valence-electron chi connectivity index (χ0n) is 32.1. The van der Waals surface area contributed by atoms with Crippen molar-refractivity contribution in [2.45, 2.75) is 175 Å². The molecule has 0 bridgehead atoms. The maximum absolute atomic E-state index is 14.0. The maximum atomic E-state index is 14.0. The highest BCUT2D eigenvalue weighted by Crippen LogP contribution is 2.24. The molecule has 2 aliphatic heterocycles. The molecular formula is C36H65N5O8. The Bertz CT molecular complexity index is 1110. The quantitative estimate of drug-likeness (QED) is 0.115. The summed E-state index contributed by atoms with van der Waals surface area (Å²) in [4.78, 5) is 59.7. The molecule has 0 saturated carbocycles. The van der Waals surface area contributed by atoms with Crippen molar-refractivity contribution in [3.63, 3.8) is 0 Å². The van der Waals surface area contributed by atoms with Gasteiger partial charge in [-0.25, -0.2) is 9.59 Å². The molecule has 0 radical (unpaired) electrons. The molecule has 0 unspecified atom stereocenters. The summed E-state index contributed by atoms with van der Waals surface area (Å²) in [6, 6.07) is -0.490. The first-order valence-electron chi connectivity index (χ1n) is 18.2. The number of nitrogens with zero attached hydrogens (tertiary/aromatic N) is 3. The van der Waals surface area contributed by atoms with Crippen LogP contribution < -0.4 is 10.6 Å². The van der Waals surface area contributed by atoms with E-state index in [1.165, 1.54) is 0 Å². The van der Waals surface area contributed by atoms with Crippen molar-refractivity contribution in [3.8, 4) is 0 Å². The van der Waals surface area contributed by atoms with Crippen LogP contribution in [0.1, 0.15) is 134 Å². The van der Waals surface area contributed by atoms with E-state index in [-0.39, 0.29) is 42.4 Å². The Morgan fingerprint density at radius 1 is 0.796 bits per heavy atom. The molecule has 0 aromatic rings. The van der Waals surface area contributed by atoms with Crippen LogP contribution >= 0.6 is 0 Å². The number of ether oxygens (including phenoxy) is 4. The van der Waals surface area contributed by atoms with E-state index >= 15 is 0 Å². The van der Waals surface area contributed by atoms with Gasteiger partial charge in [0.15, 0.2) is 0 Å². The lowest BCUT2D eigenvalue weighted by Crippen LogP contribution is -2.55. The minimum absolute atomic E-state index is 0.00704. The van der Waals surface area contributed by atoms with Gasteiger partial charge in [0.1, 0.15) is 16.8 Å². The van der Waals surface area contributed by atoms with E-state index in [4.69, 9.17) is 18.9 Å². The second-order valence-electron chi connectivity index (χ2n) is 16.1. The minimum atomic E-state index is -0.799. The standard InChI is InChI=1S/C36H65N5O8/c1-12-25(13-2)37-28(24-29(42)47-34(3,4)5)30(43)41-20-15-14-16-26(41)19-23-46-27-17-21-40(22-18-27)31(38-32(44)48-35(6,7)8)39-33(45)49-36(9,10)11/h25-28,37H,12-24H2,1-11H3,(H,38,39,44,45)/t26-,28-/m0/s1. The number of likely N-dealkylation sites (tertiary alicyclic amines) is 2. The van der Waals surface area contributed by atoms with Crippen molar-refractivity contribution in [1.29, 1.82) is 0 Å². The summed E-state index contributed by atoms with van der Waals surface area (Å²) in [5, 5.41) is 6.08. The molecule has 0 aromatic heterocycles. The smallest absolute Gasteiger partial charge is 0.437 e. The lowest BCUT2D eigenvalue weighted by atomic mass is 9.97. The van der Waals surface area contributed by atoms with Crippen LogP contribution in [0.4, 0.5) is 9.59 Å². The predicted molar refractivity (Wildman–Crippen MR) is 189 cm³/mol. The second kappa shape index (κ2) is 18.9. The zero-order valence-corrected chi connectivity index (χ0v) is 32.1. The second-order valence-corrected chi connectivity index (χ2v) is 16.1. The average Bonchev–Trinajstić information content (AvgIpc) is 2.96. The van der Waals surface area contributed by atoms with Gasteiger partial charge in [-0.3, -0.25) is 14.9 Å². The molecule has 13 nitrogen and oxygen atoms in total. The molecule has 49 heavy (non-hydrogen) atoms. The van der Waals surface area contributed by atoms with Crippen LogP contribution in [0.2, 0.25) is 0 Å². The van der Waals surface area contributed by atoms with Crippen molar-refractivity contribution >= 4 is 30.0 Å². The molecule has 2 fully saturated rings. The number of hydrogen-bond acceptors (Lipinski definition) is 9. The van der Waals surface area contributed by atoms with Crippen molar-refractivity contribution in [1.82, 2.24) is 20.4 Å². The van der Waals surface area contributed by atoms with E-state index in [0.717, 1.165) is 32.1 Å². The number of guanidine groups is 1. The number of aliphatic imine (C=N–C) groups is 1. The Morgan fingerprint density at radius 3 is 1.94 bits per heavy atom. The third-order valence-corrected chi connectivity index (χ3v) is 8.17. The highest BCUT2D eigenvalue weighted by Gasteiger charge is 2.35. The molecule has 2 rings (SSSR count). The van der Waals surface area contributed by atoms with E-state index < -0.39 is 35.0 Å². The molecular weight excluding hydrogens is 630 g/mol. The van der Waals surface area contributed by atoms with Gasteiger partial charge >= 0.3 is 18.2 Å². The number of esters is 1. The SMILES string of the molecule is CCC(CC)N[C@@H](CC(=O)OC(C)(C)C)C(=O)N1CCCC[C@H]1CCOC1CCN(C(=NC(=O)OC(C)(C)C)NC(=O)OC(C)(C)C)CC1. The maximum Gasteiger partial charge on any atom is 0.437 e. The fourth-order valence-corrected chi connectivity index (χ4v) is 5.92. The van der Waals surface area contributed by atoms with Crippen molar-refractivity contribution in [2.24, 2.45) is 4.99 Å². The molecule has 0 aromatic carbocycles. The fourth-order valence-electron chi connectivity index (χ4n) is 5.92. The number of alkyl carbamates (subject to hydrolysis) is 1. The first kappa shape index (κ1) is 42.2. The first-order chi connectivity index (χ1) is 22.7. The summed E-state index contributed by atoms with van der Waals surface area (Å²) < 4.78 is 22.6. The van der Waals surface area contributed by atoms with Gasteiger partial charge in [0.2, 0.25) is 11.9 Å². The van der Waals surface area contributed by atoms with Crippen molar-refractivity contribution in [2.75, 3.05) is 26.2 Å². The van der Waals surface area contributed by atoms with Gasteiger partial charge < -0.3 is 34.1 Å². The number of nitrogens with one attached hydrogen (secondary N) is 2. The Balaban J connectivity index is 2.02. The highest BCUT2D eigenvalue weighted by molar-refractivity contribution is 5.99. The van der Waals surface area contributed by atoms with E-state index in [1.807, 2.05) is 30.6 Å². The van der Waals surface area contributed by atoms with Gasteiger partial charge in [-0.05, 0) is 114 Å². The van der Waals surface area contributed by atoms with Crippen LogP contribution in [-0.4, -0.2) is 107 Å². The molecule has 2 atom stereocenters. The Kier molecular flexibility index (Phi) is 16.3. The van der Waals surface area contributed by atoms with E-state index in [9.17, 15) is 19.2 Å². The molecule has 0 spiro atoms. The normalized spacial score (nSPS) is 19.0. The van der Waals surface area contributed by atoms with Crippen LogP contribution in [0.25, 0.3) is 0 Å². The van der Waals surface area contributed by atoms with E-state index in [1.54, 1.807) is 41.5 Å². The van der Waals surface area contributed by atoms with Crippen molar-refractivity contribution < 1.29 is 38.1 Å². The number of carbonyl (C=O) groups excluding carboxylic acids is 4. The van der Waals surface area contributed by atoms with Gasteiger partial charge in [0.05, 0.1) is 18.6 Å². The number of piperidine rings is 2. The fraction of sp³-hybridized carbons (Fsp3) is 0.861. The predicted octanol–water partition coefficient (Wildman–Crippen LogP) is 5.93. The van der Waals surface area contributed by atoms with Gasteiger partial charge in [-0.15, -0.1) is 4.99 Å². The summed E-state index contributed by atoms with van der Waals surface area (Å²) in [5.74, 6) is -0.348. The molecule has 2 N–H and O–H groups in total. The first-order valence-corrected chi connectivity index (χ1v) is 18.2. The van der Waals surface area contributed by atoms with Gasteiger partial charge in [0, 0.05) is 38.3 Å². The lowest BCUT2D eigenvalue weighted by Gasteiger charge is -2.39. The summed E-state index contributed by atoms with van der Waals surface area (Å²) in [5.41, 5.74) is -2.08. The topological polar surface area (TPSA) is 148 Å². The molecule has 0 aliphatic carbocycles. The summed E-state index contributed by atoms with van der Waals surface area (Å²) >= 11 is 0. The van der Waals surface area contributed by atoms with E-state index in [0.29, 0.717) is 45.5 Å². The number of amides is 3. The molecule has 3 amide bonds. The monoisotopic (exact) mass is 695 g/mol. The summed E-state index contributed by atoms with van der Waals surface area (Å²) in [6.45, 7) is 22.3. The minimum Gasteiger partial charge on any atom is -0.460 e. The molecule has 13 heteroatoms. The van der Waals surface area contributed by atoms with Crippen LogP contribution in [-0.2, 0) is 28.5 Å². The van der Waals surface area contributed by atoms with Gasteiger partial charge in [0.25, 0.3) is 0 Å². The van der Waals surface area contributed by atoms with Crippen LogP contribution in [0, 0.1) is 0 Å². The van der Waals surface area contributed by atoms with Crippen LogP contribution in [0.5, 0.6) is 0 Å². The Hall–Kier alpha value is -2.93. The Morgan fingerprint density at radius 2 is 1.39 bits per heavy atom. The average molecular weight is 696 g/mol. The molecule has 282 valence electrons.